The Morgan fingerprint density at radius 1 is 1.14 bits per heavy atom. The Bertz CT molecular complexity index is 738. The van der Waals surface area contributed by atoms with Gasteiger partial charge in [0.25, 0.3) is 0 Å². The first-order valence-electron chi connectivity index (χ1n) is 7.03. The van der Waals surface area contributed by atoms with Gasteiger partial charge in [-0.25, -0.2) is 4.98 Å². The van der Waals surface area contributed by atoms with Gasteiger partial charge in [0.15, 0.2) is 0 Å². The Morgan fingerprint density at radius 3 is 2.59 bits per heavy atom. The van der Waals surface area contributed by atoms with Crippen molar-refractivity contribution in [3.63, 3.8) is 0 Å². The number of rotatable bonds is 5. The van der Waals surface area contributed by atoms with Crippen molar-refractivity contribution >= 4 is 22.9 Å². The van der Waals surface area contributed by atoms with Crippen molar-refractivity contribution in [1.82, 2.24) is 4.98 Å². The van der Waals surface area contributed by atoms with Crippen molar-refractivity contribution in [3.05, 3.63) is 70.7 Å². The molecule has 0 N–H and O–H groups in total. The summed E-state index contributed by atoms with van der Waals surface area (Å²) < 4.78 is 5.85. The highest BCUT2D eigenvalue weighted by molar-refractivity contribution is 7.13. The topological polar surface area (TPSA) is 22.1 Å². The molecule has 0 saturated carbocycles. The van der Waals surface area contributed by atoms with Crippen LogP contribution in [0.5, 0.6) is 5.75 Å². The van der Waals surface area contributed by atoms with Crippen LogP contribution in [0, 0.1) is 6.92 Å². The zero-order chi connectivity index (χ0) is 15.4. The summed E-state index contributed by atoms with van der Waals surface area (Å²) in [6.45, 7) is 2.66. The number of halogens is 1. The van der Waals surface area contributed by atoms with Crippen molar-refractivity contribution < 1.29 is 4.74 Å². The number of aryl methyl sites for hydroxylation is 1. The summed E-state index contributed by atoms with van der Waals surface area (Å²) in [6.07, 6.45) is 1.83. The summed E-state index contributed by atoms with van der Waals surface area (Å²) in [4.78, 5) is 4.34. The summed E-state index contributed by atoms with van der Waals surface area (Å²) in [5, 5.41) is 3.04. The van der Waals surface area contributed by atoms with Gasteiger partial charge in [-0.15, -0.1) is 22.9 Å². The molecule has 0 aliphatic heterocycles. The van der Waals surface area contributed by atoms with E-state index in [1.54, 1.807) is 11.3 Å². The average Bonchev–Trinajstić information content (AvgIpc) is 3.08. The van der Waals surface area contributed by atoms with Crippen LogP contribution < -0.4 is 4.74 Å². The lowest BCUT2D eigenvalue weighted by molar-refractivity contribution is 0.305. The number of hydrogen-bond donors (Lipinski definition) is 0. The number of benzene rings is 2. The monoisotopic (exact) mass is 329 g/mol. The van der Waals surface area contributed by atoms with Crippen LogP contribution in [-0.2, 0) is 12.5 Å². The maximum Gasteiger partial charge on any atom is 0.123 e. The van der Waals surface area contributed by atoms with E-state index in [9.17, 15) is 0 Å². The summed E-state index contributed by atoms with van der Waals surface area (Å²) in [5.41, 5.74) is 4.65. The van der Waals surface area contributed by atoms with E-state index >= 15 is 0 Å². The maximum absolute atomic E-state index is 5.85. The average molecular weight is 330 g/mol. The molecule has 2 aromatic carbocycles. The van der Waals surface area contributed by atoms with E-state index in [1.807, 2.05) is 35.8 Å². The highest BCUT2D eigenvalue weighted by Crippen LogP contribution is 2.25. The van der Waals surface area contributed by atoms with Gasteiger partial charge in [0.2, 0.25) is 0 Å². The smallest absolute Gasteiger partial charge is 0.123 e. The van der Waals surface area contributed by atoms with Gasteiger partial charge in [0.1, 0.15) is 17.4 Å². The van der Waals surface area contributed by atoms with Gasteiger partial charge in [-0.2, -0.15) is 0 Å². The first-order chi connectivity index (χ1) is 10.8. The second-order valence-electron chi connectivity index (χ2n) is 5.04. The Hall–Kier alpha value is -1.84. The van der Waals surface area contributed by atoms with Crippen molar-refractivity contribution in [2.45, 2.75) is 19.4 Å². The molecule has 4 heteroatoms. The van der Waals surface area contributed by atoms with Gasteiger partial charge in [-0.3, -0.25) is 0 Å². The SMILES string of the molecule is Cc1cc(-c2nccs2)ccc1COc1ccc(CCl)cc1. The van der Waals surface area contributed by atoms with Crippen LogP contribution in [0.2, 0.25) is 0 Å². The minimum Gasteiger partial charge on any atom is -0.489 e. The molecule has 0 aliphatic carbocycles. The standard InChI is InChI=1S/C18H16ClNOS/c1-13-10-15(18-20-8-9-22-18)4-5-16(13)12-21-17-6-2-14(11-19)3-7-17/h2-10H,11-12H2,1H3. The fraction of sp³-hybridized carbons (Fsp3) is 0.167. The second kappa shape index (κ2) is 6.95. The maximum atomic E-state index is 5.85. The van der Waals surface area contributed by atoms with Crippen LogP contribution in [0.25, 0.3) is 10.6 Å². The molecule has 0 spiro atoms. The largest absolute Gasteiger partial charge is 0.489 e. The number of nitrogens with zero attached hydrogens (tertiary/aromatic N) is 1. The molecular formula is C18H16ClNOS. The second-order valence-corrected chi connectivity index (χ2v) is 6.21. The van der Waals surface area contributed by atoms with Crippen molar-refractivity contribution in [3.8, 4) is 16.3 Å². The van der Waals surface area contributed by atoms with Gasteiger partial charge < -0.3 is 4.74 Å². The lowest BCUT2D eigenvalue weighted by Gasteiger charge is -2.10. The third-order valence-corrected chi connectivity index (χ3v) is 4.62. The molecule has 0 atom stereocenters. The molecule has 0 unspecified atom stereocenters. The third kappa shape index (κ3) is 3.49. The highest BCUT2D eigenvalue weighted by atomic mass is 35.5. The summed E-state index contributed by atoms with van der Waals surface area (Å²) in [6, 6.07) is 14.3. The van der Waals surface area contributed by atoms with E-state index in [0.717, 1.165) is 21.9 Å². The van der Waals surface area contributed by atoms with E-state index < -0.39 is 0 Å². The molecule has 22 heavy (non-hydrogen) atoms. The lowest BCUT2D eigenvalue weighted by atomic mass is 10.1. The Balaban J connectivity index is 1.70. The van der Waals surface area contributed by atoms with Gasteiger partial charge in [0, 0.05) is 23.0 Å². The van der Waals surface area contributed by atoms with Crippen LogP contribution in [-0.4, -0.2) is 4.98 Å². The van der Waals surface area contributed by atoms with Gasteiger partial charge >= 0.3 is 0 Å². The first kappa shape index (κ1) is 15.1. The van der Waals surface area contributed by atoms with E-state index in [4.69, 9.17) is 16.3 Å². The Labute approximate surface area is 139 Å². The summed E-state index contributed by atoms with van der Waals surface area (Å²) >= 11 is 7.44. The van der Waals surface area contributed by atoms with Crippen LogP contribution in [0.15, 0.2) is 54.0 Å². The Kier molecular flexibility index (Phi) is 4.76. The fourth-order valence-electron chi connectivity index (χ4n) is 2.19. The molecule has 2 nitrogen and oxygen atoms in total. The molecule has 0 amide bonds. The van der Waals surface area contributed by atoms with Crippen LogP contribution in [0.3, 0.4) is 0 Å². The summed E-state index contributed by atoms with van der Waals surface area (Å²) in [5.74, 6) is 1.38. The summed E-state index contributed by atoms with van der Waals surface area (Å²) in [7, 11) is 0. The molecule has 3 rings (SSSR count). The zero-order valence-electron chi connectivity index (χ0n) is 12.3. The number of ether oxygens (including phenoxy) is 1. The Morgan fingerprint density at radius 2 is 1.95 bits per heavy atom. The number of aromatic nitrogens is 1. The zero-order valence-corrected chi connectivity index (χ0v) is 13.8. The highest BCUT2D eigenvalue weighted by Gasteiger charge is 2.05. The van der Waals surface area contributed by atoms with E-state index in [1.165, 1.54) is 11.1 Å². The molecule has 0 fully saturated rings. The van der Waals surface area contributed by atoms with Gasteiger partial charge in [-0.05, 0) is 41.8 Å². The number of hydrogen-bond acceptors (Lipinski definition) is 3. The van der Waals surface area contributed by atoms with Crippen LogP contribution in [0.4, 0.5) is 0 Å². The fourth-order valence-corrected chi connectivity index (χ4v) is 3.01. The van der Waals surface area contributed by atoms with E-state index in [0.29, 0.717) is 12.5 Å². The minimum absolute atomic E-state index is 0.525. The first-order valence-corrected chi connectivity index (χ1v) is 8.45. The molecule has 0 bridgehead atoms. The number of alkyl halides is 1. The predicted molar refractivity (Wildman–Crippen MR) is 92.6 cm³/mol. The molecule has 1 aromatic heterocycles. The molecule has 0 radical (unpaired) electrons. The molecule has 3 aromatic rings. The van der Waals surface area contributed by atoms with Crippen LogP contribution in [0.1, 0.15) is 16.7 Å². The van der Waals surface area contributed by atoms with Crippen molar-refractivity contribution in [2.24, 2.45) is 0 Å². The van der Waals surface area contributed by atoms with Gasteiger partial charge in [-0.1, -0.05) is 24.3 Å². The van der Waals surface area contributed by atoms with Gasteiger partial charge in [0.05, 0.1) is 0 Å². The van der Waals surface area contributed by atoms with E-state index in [2.05, 4.69) is 30.1 Å². The molecule has 1 heterocycles. The third-order valence-electron chi connectivity index (χ3n) is 3.49. The number of thiazole rings is 1. The van der Waals surface area contributed by atoms with E-state index in [-0.39, 0.29) is 0 Å². The molecule has 112 valence electrons. The van der Waals surface area contributed by atoms with Crippen LogP contribution >= 0.6 is 22.9 Å². The molecule has 0 aliphatic rings. The lowest BCUT2D eigenvalue weighted by Crippen LogP contribution is -1.98. The van der Waals surface area contributed by atoms with Crippen molar-refractivity contribution in [2.75, 3.05) is 0 Å². The quantitative estimate of drug-likeness (QED) is 0.582. The predicted octanol–water partition coefficient (Wildman–Crippen LogP) is 5.44. The minimum atomic E-state index is 0.525. The molecular weight excluding hydrogens is 314 g/mol. The normalized spacial score (nSPS) is 10.6. The molecule has 0 saturated heterocycles. The van der Waals surface area contributed by atoms with Crippen molar-refractivity contribution in [1.29, 1.82) is 0 Å².